The van der Waals surface area contributed by atoms with Crippen LogP contribution in [0, 0.1) is 13.8 Å². The zero-order valence-electron chi connectivity index (χ0n) is 32.3. The zero-order valence-corrected chi connectivity index (χ0v) is 32.3. The van der Waals surface area contributed by atoms with Gasteiger partial charge in [-0.3, -0.25) is 9.80 Å². The van der Waals surface area contributed by atoms with Crippen molar-refractivity contribution in [2.24, 2.45) is 15.0 Å². The van der Waals surface area contributed by atoms with E-state index in [0.29, 0.717) is 29.2 Å². The van der Waals surface area contributed by atoms with E-state index in [1.165, 1.54) is 11.1 Å². The van der Waals surface area contributed by atoms with Crippen LogP contribution in [0.25, 0.3) is 0 Å². The van der Waals surface area contributed by atoms with E-state index in [-0.39, 0.29) is 0 Å². The molecule has 2 aromatic rings. The number of hydrogen-bond donors (Lipinski definition) is 0. The summed E-state index contributed by atoms with van der Waals surface area (Å²) in [5.74, 6) is 3.73. The molecule has 0 amide bonds. The second kappa shape index (κ2) is 16.3. The van der Waals surface area contributed by atoms with E-state index in [9.17, 15) is 0 Å². The van der Waals surface area contributed by atoms with Crippen molar-refractivity contribution in [2.45, 2.75) is 20.4 Å². The first-order chi connectivity index (χ1) is 21.7. The molecule has 0 N–H and O–H groups in total. The van der Waals surface area contributed by atoms with Crippen LogP contribution in [0.2, 0.25) is 0 Å². The summed E-state index contributed by atoms with van der Waals surface area (Å²) in [5.41, 5.74) is 5.51. The molecule has 1 aromatic carbocycles. The fourth-order valence-corrected chi connectivity index (χ4v) is 5.33. The molecule has 260 valence electrons. The van der Waals surface area contributed by atoms with Crippen LogP contribution in [0.5, 0.6) is 0 Å². The quantitative estimate of drug-likeness (QED) is 0.276. The van der Waals surface area contributed by atoms with Gasteiger partial charge in [0.2, 0.25) is 23.7 Å². The molecule has 13 heteroatoms. The Kier molecular flexibility index (Phi) is 13.3. The number of guanidine groups is 4. The van der Waals surface area contributed by atoms with Crippen LogP contribution >= 0.6 is 0 Å². The number of aliphatic imine (C=N–C) groups is 3. The SMILES string of the molecule is Cc1cc(C)cc(Cn2c(N=C(N(C)C)N(C)C)c(N=C(N(C)C)N(C)C)cc(N=C(N(C)C)N(C)C)c2=[N+]=C(N(C)C)N(C)C)c1. The second-order valence-electron chi connectivity index (χ2n) is 13.4. The molecular formula is C34H60N13+. The highest BCUT2D eigenvalue weighted by molar-refractivity contribution is 5.88. The Morgan fingerprint density at radius 2 is 0.894 bits per heavy atom. The lowest BCUT2D eigenvalue weighted by molar-refractivity contribution is 0.478. The fraction of sp³-hybridized carbons (Fsp3) is 0.559. The first kappa shape index (κ1) is 38.5. The van der Waals surface area contributed by atoms with Crippen LogP contribution in [0.15, 0.2) is 39.2 Å². The molecule has 0 spiro atoms. The Bertz CT molecular complexity index is 1520. The van der Waals surface area contributed by atoms with Crippen molar-refractivity contribution in [1.29, 1.82) is 0 Å². The van der Waals surface area contributed by atoms with Crippen molar-refractivity contribution in [1.82, 2.24) is 48.4 Å². The highest BCUT2D eigenvalue weighted by Gasteiger charge is 2.24. The van der Waals surface area contributed by atoms with Gasteiger partial charge in [0.15, 0.2) is 5.69 Å². The summed E-state index contributed by atoms with van der Waals surface area (Å²) in [4.78, 5) is 31.8. The van der Waals surface area contributed by atoms with E-state index < -0.39 is 0 Å². The molecule has 1 heterocycles. The molecule has 0 unspecified atom stereocenters. The Balaban J connectivity index is 3.57. The Labute approximate surface area is 283 Å². The minimum Gasteiger partial charge on any atom is -0.349 e. The van der Waals surface area contributed by atoms with Crippen LogP contribution in [-0.4, -0.2) is 180 Å². The molecular weight excluding hydrogens is 590 g/mol. The van der Waals surface area contributed by atoms with Gasteiger partial charge in [-0.25, -0.2) is 19.2 Å². The molecule has 0 saturated carbocycles. The predicted octanol–water partition coefficient (Wildman–Crippen LogP) is 1.93. The number of nitrogens with zero attached hydrogens (tertiary/aromatic N) is 13. The van der Waals surface area contributed by atoms with Crippen molar-refractivity contribution >= 4 is 41.0 Å². The lowest BCUT2D eigenvalue weighted by atomic mass is 10.1. The summed E-state index contributed by atoms with van der Waals surface area (Å²) in [7, 11) is 31.9. The number of hydrogen-bond acceptors (Lipinski definition) is 3. The third-order valence-corrected chi connectivity index (χ3v) is 6.92. The van der Waals surface area contributed by atoms with Crippen molar-refractivity contribution in [3.05, 3.63) is 46.4 Å². The van der Waals surface area contributed by atoms with Gasteiger partial charge < -0.3 is 29.4 Å². The molecule has 0 atom stereocenters. The smallest absolute Gasteiger partial charge is 0.349 e. The van der Waals surface area contributed by atoms with Crippen LogP contribution in [-0.2, 0) is 6.54 Å². The van der Waals surface area contributed by atoms with E-state index >= 15 is 0 Å². The highest BCUT2D eigenvalue weighted by Crippen LogP contribution is 2.32. The average molecular weight is 651 g/mol. The summed E-state index contributed by atoms with van der Waals surface area (Å²) >= 11 is 0. The standard InChI is InChI=1S/C34H60N13/c1-24-19-25(2)21-26(20-24)23-47-29(37-33(43(11)12)44(13)14)27(35-31(39(3)4)40(5)6)22-28(36-32(41(7)8)42(9)10)30(47)38-34(45(15)16)46(17)18/h19-22H,23H2,1-18H3/q+1. The Morgan fingerprint density at radius 1 is 0.511 bits per heavy atom. The molecule has 0 bridgehead atoms. The van der Waals surface area contributed by atoms with Gasteiger partial charge in [-0.1, -0.05) is 29.3 Å². The lowest BCUT2D eigenvalue weighted by Crippen LogP contribution is -2.41. The first-order valence-corrected chi connectivity index (χ1v) is 15.7. The van der Waals surface area contributed by atoms with Gasteiger partial charge in [-0.15, -0.1) is 0 Å². The van der Waals surface area contributed by atoms with Gasteiger partial charge in [0.1, 0.15) is 5.69 Å². The van der Waals surface area contributed by atoms with E-state index in [2.05, 4.69) is 36.6 Å². The van der Waals surface area contributed by atoms with E-state index in [4.69, 9.17) is 19.6 Å². The lowest BCUT2D eigenvalue weighted by Gasteiger charge is -2.25. The fourth-order valence-electron chi connectivity index (χ4n) is 5.33. The van der Waals surface area contributed by atoms with Crippen molar-refractivity contribution in [2.75, 3.05) is 113 Å². The number of aryl methyl sites for hydroxylation is 2. The summed E-state index contributed by atoms with van der Waals surface area (Å²) in [6.07, 6.45) is 0. The molecule has 13 nitrogen and oxygen atoms in total. The molecule has 0 fully saturated rings. The van der Waals surface area contributed by atoms with E-state index in [1.54, 1.807) is 0 Å². The first-order valence-electron chi connectivity index (χ1n) is 15.7. The van der Waals surface area contributed by atoms with Gasteiger partial charge >= 0.3 is 11.4 Å². The van der Waals surface area contributed by atoms with Crippen molar-refractivity contribution in [3.63, 3.8) is 0 Å². The minimum absolute atomic E-state index is 0.493. The van der Waals surface area contributed by atoms with Crippen LogP contribution < -0.4 is 10.2 Å². The normalized spacial score (nSPS) is 10.3. The van der Waals surface area contributed by atoms with Crippen LogP contribution in [0.1, 0.15) is 16.7 Å². The highest BCUT2D eigenvalue weighted by atomic mass is 15.4. The van der Waals surface area contributed by atoms with Crippen LogP contribution in [0.4, 0.5) is 17.2 Å². The summed E-state index contributed by atoms with van der Waals surface area (Å²) < 4.78 is 7.49. The number of aromatic nitrogens is 1. The van der Waals surface area contributed by atoms with Gasteiger partial charge in [0.05, 0.1) is 6.54 Å². The molecule has 0 aliphatic rings. The average Bonchev–Trinajstić information content (AvgIpc) is 2.91. The maximum absolute atomic E-state index is 5.34. The maximum Gasteiger partial charge on any atom is 0.399 e. The van der Waals surface area contributed by atoms with Crippen LogP contribution in [0.3, 0.4) is 0 Å². The summed E-state index contributed by atoms with van der Waals surface area (Å²) in [6.45, 7) is 4.75. The van der Waals surface area contributed by atoms with Crippen molar-refractivity contribution < 1.29 is 0 Å². The Morgan fingerprint density at radius 3 is 1.28 bits per heavy atom. The molecule has 2 rings (SSSR count). The van der Waals surface area contributed by atoms with Crippen molar-refractivity contribution in [3.8, 4) is 0 Å². The van der Waals surface area contributed by atoms with Gasteiger partial charge in [-0.2, -0.15) is 4.99 Å². The van der Waals surface area contributed by atoms with E-state index in [1.807, 2.05) is 158 Å². The second-order valence-corrected chi connectivity index (χ2v) is 13.4. The molecule has 47 heavy (non-hydrogen) atoms. The molecule has 0 aliphatic heterocycles. The number of benzene rings is 1. The summed E-state index contributed by atoms with van der Waals surface area (Å²) in [6, 6.07) is 8.62. The zero-order chi connectivity index (χ0) is 35.9. The topological polar surface area (TPSA) is 82.0 Å². The summed E-state index contributed by atoms with van der Waals surface area (Å²) in [5, 5.41) is 0. The largest absolute Gasteiger partial charge is 0.399 e. The monoisotopic (exact) mass is 651 g/mol. The third kappa shape index (κ3) is 10.2. The molecule has 0 aliphatic carbocycles. The minimum atomic E-state index is 0.493. The number of rotatable bonds is 5. The number of pyridine rings is 1. The molecule has 1 aromatic heterocycles. The Hall–Kier alpha value is -4.64. The predicted molar refractivity (Wildman–Crippen MR) is 201 cm³/mol. The van der Waals surface area contributed by atoms with Gasteiger partial charge in [0, 0.05) is 119 Å². The van der Waals surface area contributed by atoms with Gasteiger partial charge in [-0.05, 0) is 19.4 Å². The third-order valence-electron chi connectivity index (χ3n) is 6.92. The molecule has 0 radical (unpaired) electrons. The van der Waals surface area contributed by atoms with Gasteiger partial charge in [0.25, 0.3) is 0 Å². The van der Waals surface area contributed by atoms with E-state index in [0.717, 1.165) is 29.4 Å². The molecule has 0 saturated heterocycles. The maximum atomic E-state index is 5.34.